The van der Waals surface area contributed by atoms with Crippen molar-refractivity contribution in [3.8, 4) is 0 Å². The van der Waals surface area contributed by atoms with E-state index in [1.807, 2.05) is 30.3 Å². The maximum absolute atomic E-state index is 12.0. The predicted octanol–water partition coefficient (Wildman–Crippen LogP) is 1.27. The SMILES string of the molecule is CC(N)C(C)(C)NS(=O)(=O)CCc1ccccc1. The molecule has 1 atom stereocenters. The molecule has 5 heteroatoms. The van der Waals surface area contributed by atoms with Crippen molar-refractivity contribution < 1.29 is 8.42 Å². The van der Waals surface area contributed by atoms with Gasteiger partial charge in [0.1, 0.15) is 0 Å². The molecule has 1 aromatic carbocycles. The zero-order valence-corrected chi connectivity index (χ0v) is 12.0. The minimum absolute atomic E-state index is 0.0766. The minimum Gasteiger partial charge on any atom is -0.326 e. The Balaban J connectivity index is 2.61. The molecule has 0 aliphatic heterocycles. The summed E-state index contributed by atoms with van der Waals surface area (Å²) >= 11 is 0. The lowest BCUT2D eigenvalue weighted by Crippen LogP contribution is -2.55. The topological polar surface area (TPSA) is 72.2 Å². The molecule has 4 nitrogen and oxygen atoms in total. The van der Waals surface area contributed by atoms with E-state index >= 15 is 0 Å². The van der Waals surface area contributed by atoms with Gasteiger partial charge < -0.3 is 5.73 Å². The first-order valence-corrected chi connectivity index (χ1v) is 7.69. The van der Waals surface area contributed by atoms with Crippen LogP contribution >= 0.6 is 0 Å². The third-order valence-electron chi connectivity index (χ3n) is 3.06. The molecule has 1 unspecified atom stereocenters. The zero-order valence-electron chi connectivity index (χ0n) is 11.2. The smallest absolute Gasteiger partial charge is 0.212 e. The summed E-state index contributed by atoms with van der Waals surface area (Å²) in [6, 6.07) is 9.32. The zero-order chi connectivity index (χ0) is 13.8. The van der Waals surface area contributed by atoms with Crippen LogP contribution in [0.25, 0.3) is 0 Å². The van der Waals surface area contributed by atoms with Crippen LogP contribution in [0.1, 0.15) is 26.3 Å². The monoisotopic (exact) mass is 270 g/mol. The summed E-state index contributed by atoms with van der Waals surface area (Å²) in [6.07, 6.45) is 0.505. The minimum atomic E-state index is -3.31. The van der Waals surface area contributed by atoms with E-state index < -0.39 is 15.6 Å². The van der Waals surface area contributed by atoms with Gasteiger partial charge in [-0.25, -0.2) is 13.1 Å². The van der Waals surface area contributed by atoms with Crippen molar-refractivity contribution >= 4 is 10.0 Å². The molecular weight excluding hydrogens is 248 g/mol. The van der Waals surface area contributed by atoms with E-state index in [0.717, 1.165) is 5.56 Å². The second kappa shape index (κ2) is 5.82. The molecule has 0 saturated heterocycles. The summed E-state index contributed by atoms with van der Waals surface area (Å²) in [4.78, 5) is 0. The predicted molar refractivity (Wildman–Crippen MR) is 74.8 cm³/mol. The summed E-state index contributed by atoms with van der Waals surface area (Å²) in [5.41, 5.74) is 6.14. The first-order chi connectivity index (χ1) is 8.23. The van der Waals surface area contributed by atoms with Gasteiger partial charge in [0.15, 0.2) is 0 Å². The normalized spacial score (nSPS) is 14.4. The van der Waals surface area contributed by atoms with Crippen LogP contribution in [0.15, 0.2) is 30.3 Å². The second-order valence-corrected chi connectivity index (χ2v) is 7.01. The van der Waals surface area contributed by atoms with E-state index in [-0.39, 0.29) is 11.8 Å². The number of benzene rings is 1. The van der Waals surface area contributed by atoms with Gasteiger partial charge in [-0.05, 0) is 32.8 Å². The van der Waals surface area contributed by atoms with Crippen LogP contribution in [0.2, 0.25) is 0 Å². The molecule has 0 heterocycles. The summed E-state index contributed by atoms with van der Waals surface area (Å²) < 4.78 is 26.6. The molecular formula is C13H22N2O2S. The third kappa shape index (κ3) is 4.76. The largest absolute Gasteiger partial charge is 0.326 e. The molecule has 1 aromatic rings. The molecule has 0 amide bonds. The number of sulfonamides is 1. The van der Waals surface area contributed by atoms with Gasteiger partial charge in [0.25, 0.3) is 0 Å². The average Bonchev–Trinajstić information content (AvgIpc) is 2.26. The Morgan fingerprint density at radius 2 is 1.83 bits per heavy atom. The number of nitrogens with two attached hydrogens (primary N) is 1. The van der Waals surface area contributed by atoms with Crippen LogP contribution in [0.3, 0.4) is 0 Å². The van der Waals surface area contributed by atoms with Crippen molar-refractivity contribution in [1.29, 1.82) is 0 Å². The molecule has 0 aliphatic rings. The Bertz CT molecular complexity index is 467. The van der Waals surface area contributed by atoms with Crippen LogP contribution in [0, 0.1) is 0 Å². The van der Waals surface area contributed by atoms with Crippen molar-refractivity contribution in [3.05, 3.63) is 35.9 Å². The van der Waals surface area contributed by atoms with E-state index in [1.165, 1.54) is 0 Å². The molecule has 1 rings (SSSR count). The fourth-order valence-corrected chi connectivity index (χ4v) is 3.04. The molecule has 0 aliphatic carbocycles. The fraction of sp³-hybridized carbons (Fsp3) is 0.538. The fourth-order valence-electron chi connectivity index (χ4n) is 1.44. The molecule has 18 heavy (non-hydrogen) atoms. The van der Waals surface area contributed by atoms with E-state index in [4.69, 9.17) is 5.73 Å². The molecule has 0 bridgehead atoms. The third-order valence-corrected chi connectivity index (χ3v) is 4.64. The van der Waals surface area contributed by atoms with Gasteiger partial charge in [0.05, 0.1) is 5.75 Å². The molecule has 102 valence electrons. The van der Waals surface area contributed by atoms with E-state index in [0.29, 0.717) is 6.42 Å². The number of hydrogen-bond acceptors (Lipinski definition) is 3. The highest BCUT2D eigenvalue weighted by atomic mass is 32.2. The summed E-state index contributed by atoms with van der Waals surface area (Å²) in [5.74, 6) is 0.0766. The number of aryl methyl sites for hydroxylation is 1. The van der Waals surface area contributed by atoms with Crippen molar-refractivity contribution in [1.82, 2.24) is 4.72 Å². The van der Waals surface area contributed by atoms with Crippen molar-refractivity contribution in [2.75, 3.05) is 5.75 Å². The van der Waals surface area contributed by atoms with Crippen LogP contribution in [-0.2, 0) is 16.4 Å². The molecule has 0 fully saturated rings. The highest BCUT2D eigenvalue weighted by molar-refractivity contribution is 7.89. The van der Waals surface area contributed by atoms with Gasteiger partial charge in [-0.1, -0.05) is 30.3 Å². The number of hydrogen-bond donors (Lipinski definition) is 2. The highest BCUT2D eigenvalue weighted by Gasteiger charge is 2.28. The van der Waals surface area contributed by atoms with Gasteiger partial charge in [0, 0.05) is 11.6 Å². The van der Waals surface area contributed by atoms with E-state index in [1.54, 1.807) is 20.8 Å². The maximum Gasteiger partial charge on any atom is 0.212 e. The second-order valence-electron chi connectivity index (χ2n) is 5.17. The Morgan fingerprint density at radius 1 is 1.28 bits per heavy atom. The summed E-state index contributed by atoms with van der Waals surface area (Å²) in [6.45, 7) is 5.37. The molecule has 0 saturated carbocycles. The standard InChI is InChI=1S/C13H22N2O2S/c1-11(14)13(2,3)15-18(16,17)10-9-12-7-5-4-6-8-12/h4-8,11,15H,9-10,14H2,1-3H3. The lowest BCUT2D eigenvalue weighted by molar-refractivity contribution is 0.387. The van der Waals surface area contributed by atoms with Gasteiger partial charge in [-0.2, -0.15) is 0 Å². The molecule has 0 radical (unpaired) electrons. The van der Waals surface area contributed by atoms with Crippen LogP contribution < -0.4 is 10.5 Å². The number of rotatable bonds is 6. The van der Waals surface area contributed by atoms with Gasteiger partial charge in [-0.15, -0.1) is 0 Å². The maximum atomic E-state index is 12.0. The van der Waals surface area contributed by atoms with Crippen LogP contribution in [0.5, 0.6) is 0 Å². The van der Waals surface area contributed by atoms with E-state index in [9.17, 15) is 8.42 Å². The number of nitrogens with one attached hydrogen (secondary N) is 1. The first-order valence-electron chi connectivity index (χ1n) is 6.04. The Kier molecular flexibility index (Phi) is 4.90. The van der Waals surface area contributed by atoms with Crippen molar-refractivity contribution in [2.24, 2.45) is 5.73 Å². The van der Waals surface area contributed by atoms with E-state index in [2.05, 4.69) is 4.72 Å². The Morgan fingerprint density at radius 3 is 2.33 bits per heavy atom. The Hall–Kier alpha value is -0.910. The molecule has 0 aromatic heterocycles. The van der Waals surface area contributed by atoms with Crippen molar-refractivity contribution in [3.63, 3.8) is 0 Å². The van der Waals surface area contributed by atoms with Gasteiger partial charge in [0.2, 0.25) is 10.0 Å². The lowest BCUT2D eigenvalue weighted by Gasteiger charge is -2.29. The van der Waals surface area contributed by atoms with Crippen molar-refractivity contribution in [2.45, 2.75) is 38.8 Å². The van der Waals surface area contributed by atoms with Gasteiger partial charge >= 0.3 is 0 Å². The summed E-state index contributed by atoms with van der Waals surface area (Å²) in [7, 11) is -3.31. The molecule has 3 N–H and O–H groups in total. The molecule has 0 spiro atoms. The van der Waals surface area contributed by atoms with Gasteiger partial charge in [-0.3, -0.25) is 0 Å². The first kappa shape index (κ1) is 15.1. The average molecular weight is 270 g/mol. The highest BCUT2D eigenvalue weighted by Crippen LogP contribution is 2.10. The lowest BCUT2D eigenvalue weighted by atomic mass is 9.99. The van der Waals surface area contributed by atoms with Crippen LogP contribution in [-0.4, -0.2) is 25.8 Å². The summed E-state index contributed by atoms with van der Waals surface area (Å²) in [5, 5.41) is 0. The quantitative estimate of drug-likeness (QED) is 0.818. The van der Waals surface area contributed by atoms with Crippen LogP contribution in [0.4, 0.5) is 0 Å². The Labute approximate surface area is 110 Å².